The fraction of sp³-hybridized carbons (Fsp3) is 0.917. The standard InChI is InChI=1S/C12H24O4S/c1-6-8-11(12(13)16-7-2)17(14,15)10(5)9(3)4/h9-11H,6-8H2,1-5H3. The van der Waals surface area contributed by atoms with Gasteiger partial charge < -0.3 is 4.74 Å². The minimum atomic E-state index is -3.46. The Labute approximate surface area is 105 Å². The van der Waals surface area contributed by atoms with Gasteiger partial charge in [0.2, 0.25) is 0 Å². The van der Waals surface area contributed by atoms with Crippen molar-refractivity contribution in [2.24, 2.45) is 5.92 Å². The van der Waals surface area contributed by atoms with E-state index in [1.165, 1.54) is 0 Å². The zero-order valence-corrected chi connectivity index (χ0v) is 12.2. The van der Waals surface area contributed by atoms with Crippen LogP contribution in [-0.2, 0) is 19.4 Å². The number of carbonyl (C=O) groups excluding carboxylic acids is 1. The SMILES string of the molecule is CCCC(C(=O)OCC)S(=O)(=O)C(C)C(C)C. The quantitative estimate of drug-likeness (QED) is 0.661. The van der Waals surface area contributed by atoms with Gasteiger partial charge in [-0.3, -0.25) is 4.79 Å². The second kappa shape index (κ2) is 6.99. The summed E-state index contributed by atoms with van der Waals surface area (Å²) in [5.74, 6) is -0.615. The normalized spacial score (nSPS) is 15.6. The molecule has 2 atom stereocenters. The zero-order valence-electron chi connectivity index (χ0n) is 11.4. The van der Waals surface area contributed by atoms with E-state index in [1.54, 1.807) is 13.8 Å². The van der Waals surface area contributed by atoms with E-state index in [0.29, 0.717) is 12.8 Å². The van der Waals surface area contributed by atoms with Crippen molar-refractivity contribution in [2.75, 3.05) is 6.61 Å². The lowest BCUT2D eigenvalue weighted by atomic mass is 10.2. The number of carbonyl (C=O) groups is 1. The first-order valence-corrected chi connectivity index (χ1v) is 7.79. The summed E-state index contributed by atoms with van der Waals surface area (Å²) < 4.78 is 29.4. The van der Waals surface area contributed by atoms with Gasteiger partial charge in [0.1, 0.15) is 0 Å². The Morgan fingerprint density at radius 3 is 2.06 bits per heavy atom. The van der Waals surface area contributed by atoms with Gasteiger partial charge in [0, 0.05) is 0 Å². The summed E-state index contributed by atoms with van der Waals surface area (Å²) in [6.45, 7) is 9.10. The molecule has 0 heterocycles. The van der Waals surface area contributed by atoms with Crippen molar-refractivity contribution in [3.05, 3.63) is 0 Å². The average Bonchev–Trinajstić information content (AvgIpc) is 2.24. The molecule has 0 bridgehead atoms. The van der Waals surface area contributed by atoms with Crippen molar-refractivity contribution in [1.82, 2.24) is 0 Å². The molecule has 2 unspecified atom stereocenters. The molecule has 0 saturated carbocycles. The van der Waals surface area contributed by atoms with Crippen LogP contribution in [0.1, 0.15) is 47.5 Å². The molecule has 0 saturated heterocycles. The Kier molecular flexibility index (Phi) is 6.75. The maximum absolute atomic E-state index is 12.3. The number of hydrogen-bond donors (Lipinski definition) is 0. The fourth-order valence-electron chi connectivity index (χ4n) is 1.55. The topological polar surface area (TPSA) is 60.4 Å². The molecule has 0 aromatic heterocycles. The van der Waals surface area contributed by atoms with Gasteiger partial charge in [-0.25, -0.2) is 8.42 Å². The highest BCUT2D eigenvalue weighted by Gasteiger charge is 2.38. The Hall–Kier alpha value is -0.580. The maximum Gasteiger partial charge on any atom is 0.324 e. The molecule has 0 aliphatic carbocycles. The largest absolute Gasteiger partial charge is 0.465 e. The zero-order chi connectivity index (χ0) is 13.6. The van der Waals surface area contributed by atoms with Crippen molar-refractivity contribution >= 4 is 15.8 Å². The molecule has 0 N–H and O–H groups in total. The lowest BCUT2D eigenvalue weighted by molar-refractivity contribution is -0.142. The Morgan fingerprint density at radius 1 is 1.18 bits per heavy atom. The number of hydrogen-bond acceptors (Lipinski definition) is 4. The van der Waals surface area contributed by atoms with Crippen LogP contribution in [0.15, 0.2) is 0 Å². The molecule has 0 amide bonds. The molecule has 0 aliphatic heterocycles. The van der Waals surface area contributed by atoms with E-state index < -0.39 is 26.3 Å². The van der Waals surface area contributed by atoms with Gasteiger partial charge in [0.15, 0.2) is 15.1 Å². The summed E-state index contributed by atoms with van der Waals surface area (Å²) in [6.07, 6.45) is 0.978. The van der Waals surface area contributed by atoms with Crippen molar-refractivity contribution < 1.29 is 17.9 Å². The molecule has 5 heteroatoms. The third-order valence-corrected chi connectivity index (χ3v) is 5.76. The van der Waals surface area contributed by atoms with Gasteiger partial charge in [-0.05, 0) is 26.2 Å². The minimum Gasteiger partial charge on any atom is -0.465 e. The molecule has 0 spiro atoms. The van der Waals surface area contributed by atoms with E-state index in [0.717, 1.165) is 0 Å². The summed E-state index contributed by atoms with van der Waals surface area (Å²) in [5, 5.41) is -1.53. The Morgan fingerprint density at radius 2 is 1.71 bits per heavy atom. The Bertz CT molecular complexity index is 332. The summed E-state index contributed by atoms with van der Waals surface area (Å²) in [4.78, 5) is 11.7. The highest BCUT2D eigenvalue weighted by Crippen LogP contribution is 2.21. The first-order valence-electron chi connectivity index (χ1n) is 6.18. The van der Waals surface area contributed by atoms with Crippen LogP contribution in [0.4, 0.5) is 0 Å². The predicted molar refractivity (Wildman–Crippen MR) is 68.5 cm³/mol. The monoisotopic (exact) mass is 264 g/mol. The summed E-state index contributed by atoms with van der Waals surface area (Å²) in [5.41, 5.74) is 0. The number of rotatable bonds is 7. The van der Waals surface area contributed by atoms with Crippen LogP contribution >= 0.6 is 0 Å². The second-order valence-corrected chi connectivity index (χ2v) is 7.06. The van der Waals surface area contributed by atoms with E-state index >= 15 is 0 Å². The third kappa shape index (κ3) is 4.30. The number of sulfone groups is 1. The molecule has 0 rings (SSSR count). The van der Waals surface area contributed by atoms with Crippen LogP contribution in [0.25, 0.3) is 0 Å². The summed E-state index contributed by atoms with van der Waals surface area (Å²) >= 11 is 0. The van der Waals surface area contributed by atoms with Gasteiger partial charge in [0.05, 0.1) is 11.9 Å². The summed E-state index contributed by atoms with van der Waals surface area (Å²) in [6, 6.07) is 0. The first kappa shape index (κ1) is 16.4. The van der Waals surface area contributed by atoms with Crippen LogP contribution < -0.4 is 0 Å². The highest BCUT2D eigenvalue weighted by molar-refractivity contribution is 7.93. The maximum atomic E-state index is 12.3. The molecule has 17 heavy (non-hydrogen) atoms. The fourth-order valence-corrected chi connectivity index (χ4v) is 3.73. The molecule has 0 aromatic rings. The molecule has 0 aliphatic rings. The van der Waals surface area contributed by atoms with E-state index in [2.05, 4.69) is 0 Å². The molecule has 102 valence electrons. The summed E-state index contributed by atoms with van der Waals surface area (Å²) in [7, 11) is -3.46. The minimum absolute atomic E-state index is 0.00576. The van der Waals surface area contributed by atoms with E-state index in [1.807, 2.05) is 20.8 Å². The van der Waals surface area contributed by atoms with Crippen molar-refractivity contribution in [2.45, 2.75) is 58.0 Å². The number of esters is 1. The van der Waals surface area contributed by atoms with Gasteiger partial charge >= 0.3 is 5.97 Å². The van der Waals surface area contributed by atoms with E-state index in [-0.39, 0.29) is 12.5 Å². The van der Waals surface area contributed by atoms with Crippen LogP contribution in [0.2, 0.25) is 0 Å². The van der Waals surface area contributed by atoms with Crippen LogP contribution in [-0.4, -0.2) is 31.5 Å². The van der Waals surface area contributed by atoms with E-state index in [9.17, 15) is 13.2 Å². The van der Waals surface area contributed by atoms with Crippen LogP contribution in [0.3, 0.4) is 0 Å². The average molecular weight is 264 g/mol. The molecule has 4 nitrogen and oxygen atoms in total. The van der Waals surface area contributed by atoms with Gasteiger partial charge in [-0.2, -0.15) is 0 Å². The van der Waals surface area contributed by atoms with Gasteiger partial charge in [0.25, 0.3) is 0 Å². The smallest absolute Gasteiger partial charge is 0.324 e. The third-order valence-electron chi connectivity index (χ3n) is 2.95. The first-order chi connectivity index (χ1) is 7.78. The Balaban J connectivity index is 5.11. The van der Waals surface area contributed by atoms with Gasteiger partial charge in [-0.1, -0.05) is 27.2 Å². The highest BCUT2D eigenvalue weighted by atomic mass is 32.2. The number of ether oxygens (including phenoxy) is 1. The lowest BCUT2D eigenvalue weighted by Crippen LogP contribution is -2.39. The van der Waals surface area contributed by atoms with Crippen molar-refractivity contribution in [1.29, 1.82) is 0 Å². The van der Waals surface area contributed by atoms with Crippen molar-refractivity contribution in [3.8, 4) is 0 Å². The van der Waals surface area contributed by atoms with Crippen molar-refractivity contribution in [3.63, 3.8) is 0 Å². The van der Waals surface area contributed by atoms with Gasteiger partial charge in [-0.15, -0.1) is 0 Å². The molecular formula is C12H24O4S. The lowest BCUT2D eigenvalue weighted by Gasteiger charge is -2.22. The van der Waals surface area contributed by atoms with Crippen LogP contribution in [0.5, 0.6) is 0 Å². The second-order valence-electron chi connectivity index (χ2n) is 4.57. The molecular weight excluding hydrogens is 240 g/mol. The predicted octanol–water partition coefficient (Wildman–Crippen LogP) is 2.18. The molecule has 0 radical (unpaired) electrons. The van der Waals surface area contributed by atoms with Crippen LogP contribution in [0, 0.1) is 5.92 Å². The molecule has 0 fully saturated rings. The van der Waals surface area contributed by atoms with E-state index in [4.69, 9.17) is 4.74 Å². The molecule has 0 aromatic carbocycles.